The van der Waals surface area contributed by atoms with Crippen LogP contribution in [0.1, 0.15) is 19.3 Å². The molecule has 1 saturated heterocycles. The summed E-state index contributed by atoms with van der Waals surface area (Å²) in [5.74, 6) is -0.0452. The first-order valence-electron chi connectivity index (χ1n) is 4.52. The molecule has 0 amide bonds. The van der Waals surface area contributed by atoms with E-state index in [0.29, 0.717) is 6.42 Å². The van der Waals surface area contributed by atoms with Gasteiger partial charge in [0.2, 0.25) is 0 Å². The molecule has 2 aliphatic rings. The number of hydrogen-bond acceptors (Lipinski definition) is 4. The second kappa shape index (κ2) is 3.30. The molecule has 0 atom stereocenters. The molecule has 1 aliphatic heterocycles. The van der Waals surface area contributed by atoms with E-state index in [1.165, 1.54) is 0 Å². The first-order chi connectivity index (χ1) is 6.25. The Morgan fingerprint density at radius 2 is 2.15 bits per heavy atom. The highest BCUT2D eigenvalue weighted by atomic mass is 16.1. The molecule has 2 rings (SSSR count). The van der Waals surface area contributed by atoms with Crippen molar-refractivity contribution in [2.24, 2.45) is 0 Å². The second-order valence-electron chi connectivity index (χ2n) is 3.41. The number of allylic oxidation sites excluding steroid dienone is 2. The van der Waals surface area contributed by atoms with Crippen LogP contribution in [0, 0.1) is 0 Å². The number of hydrazine groups is 1. The largest absolute Gasteiger partial charge is 0.312 e. The van der Waals surface area contributed by atoms with E-state index in [4.69, 9.17) is 0 Å². The smallest absolute Gasteiger partial charge is 0.164 e. The molecule has 70 valence electrons. The van der Waals surface area contributed by atoms with Crippen LogP contribution >= 0.6 is 0 Å². The van der Waals surface area contributed by atoms with Crippen LogP contribution in [0.4, 0.5) is 0 Å². The van der Waals surface area contributed by atoms with Gasteiger partial charge in [0.15, 0.2) is 5.78 Å². The summed E-state index contributed by atoms with van der Waals surface area (Å²) in [4.78, 5) is 22.2. The van der Waals surface area contributed by atoms with Crippen LogP contribution in [-0.4, -0.2) is 29.7 Å². The molecule has 1 aliphatic carbocycles. The Morgan fingerprint density at radius 3 is 2.77 bits per heavy atom. The molecule has 0 bridgehead atoms. The Labute approximate surface area is 76.6 Å². The van der Waals surface area contributed by atoms with Crippen LogP contribution in [0.2, 0.25) is 0 Å². The topological polar surface area (TPSA) is 49.4 Å². The van der Waals surface area contributed by atoms with Gasteiger partial charge in [0.1, 0.15) is 5.78 Å². The average molecular weight is 180 g/mol. The summed E-state index contributed by atoms with van der Waals surface area (Å²) in [7, 11) is 0. The van der Waals surface area contributed by atoms with Gasteiger partial charge < -0.3 is 5.01 Å². The molecule has 0 unspecified atom stereocenters. The molecule has 0 aromatic carbocycles. The number of carbonyl (C=O) groups excluding carboxylic acids is 2. The van der Waals surface area contributed by atoms with Crippen molar-refractivity contribution in [2.75, 3.05) is 13.1 Å². The van der Waals surface area contributed by atoms with Crippen LogP contribution in [0.3, 0.4) is 0 Å². The molecule has 1 heterocycles. The minimum Gasteiger partial charge on any atom is -0.312 e. The van der Waals surface area contributed by atoms with Crippen molar-refractivity contribution in [2.45, 2.75) is 19.3 Å². The zero-order chi connectivity index (χ0) is 9.26. The fourth-order valence-corrected chi connectivity index (χ4v) is 1.70. The number of nitrogens with one attached hydrogen (secondary N) is 1. The highest BCUT2D eigenvalue weighted by Gasteiger charge is 2.23. The highest BCUT2D eigenvalue weighted by Crippen LogP contribution is 2.17. The monoisotopic (exact) mass is 180 g/mol. The zero-order valence-electron chi connectivity index (χ0n) is 7.38. The summed E-state index contributed by atoms with van der Waals surface area (Å²) in [5, 5.41) is 1.91. The summed E-state index contributed by atoms with van der Waals surface area (Å²) in [6.07, 6.45) is 3.13. The molecule has 4 heteroatoms. The Bertz CT molecular complexity index is 277. The normalized spacial score (nSPS) is 23.7. The maximum atomic E-state index is 11.1. The minimum absolute atomic E-state index is 0.0243. The van der Waals surface area contributed by atoms with Gasteiger partial charge >= 0.3 is 0 Å². The summed E-state index contributed by atoms with van der Waals surface area (Å²) >= 11 is 0. The van der Waals surface area contributed by atoms with Gasteiger partial charge in [0.25, 0.3) is 0 Å². The first-order valence-corrected chi connectivity index (χ1v) is 4.52. The number of hydrogen-bond donors (Lipinski definition) is 1. The Hall–Kier alpha value is -1.16. The van der Waals surface area contributed by atoms with Gasteiger partial charge in [-0.2, -0.15) is 0 Å². The van der Waals surface area contributed by atoms with Gasteiger partial charge in [-0.25, -0.2) is 5.43 Å². The highest BCUT2D eigenvalue weighted by molar-refractivity contribution is 6.08. The maximum absolute atomic E-state index is 11.1. The molecule has 0 aromatic rings. The second-order valence-corrected chi connectivity index (χ2v) is 3.41. The molecule has 1 N–H and O–H groups in total. The van der Waals surface area contributed by atoms with Crippen molar-refractivity contribution in [1.29, 1.82) is 0 Å². The van der Waals surface area contributed by atoms with E-state index in [-0.39, 0.29) is 18.0 Å². The quantitative estimate of drug-likeness (QED) is 0.578. The average Bonchev–Trinajstić information content (AvgIpc) is 2.53. The van der Waals surface area contributed by atoms with Crippen molar-refractivity contribution >= 4 is 11.6 Å². The predicted molar refractivity (Wildman–Crippen MR) is 46.7 cm³/mol. The van der Waals surface area contributed by atoms with Crippen molar-refractivity contribution < 1.29 is 9.59 Å². The van der Waals surface area contributed by atoms with Gasteiger partial charge in [0.05, 0.1) is 6.42 Å². The van der Waals surface area contributed by atoms with Crippen molar-refractivity contribution in [1.82, 2.24) is 10.4 Å². The van der Waals surface area contributed by atoms with E-state index < -0.39 is 0 Å². The fourth-order valence-electron chi connectivity index (χ4n) is 1.70. The van der Waals surface area contributed by atoms with Crippen molar-refractivity contribution in [3.63, 3.8) is 0 Å². The SMILES string of the molecule is O=C1C=C(N2CCCN2)CC(=O)C1. The van der Waals surface area contributed by atoms with Gasteiger partial charge in [-0.1, -0.05) is 0 Å². The van der Waals surface area contributed by atoms with E-state index in [9.17, 15) is 9.59 Å². The van der Waals surface area contributed by atoms with Crippen molar-refractivity contribution in [3.8, 4) is 0 Å². The van der Waals surface area contributed by atoms with Crippen LogP contribution in [0.25, 0.3) is 0 Å². The molecule has 4 nitrogen and oxygen atoms in total. The van der Waals surface area contributed by atoms with Gasteiger partial charge in [0, 0.05) is 31.3 Å². The third-order valence-corrected chi connectivity index (χ3v) is 2.29. The number of ketones is 2. The van der Waals surface area contributed by atoms with Crippen LogP contribution in [0.15, 0.2) is 11.8 Å². The molecule has 0 radical (unpaired) electrons. The summed E-state index contributed by atoms with van der Waals surface area (Å²) in [6, 6.07) is 0. The lowest BCUT2D eigenvalue weighted by molar-refractivity contribution is -0.125. The van der Waals surface area contributed by atoms with Crippen LogP contribution in [0.5, 0.6) is 0 Å². The van der Waals surface area contributed by atoms with Gasteiger partial charge in [-0.05, 0) is 6.42 Å². The number of nitrogens with zero attached hydrogens (tertiary/aromatic N) is 1. The maximum Gasteiger partial charge on any atom is 0.164 e. The van der Waals surface area contributed by atoms with Gasteiger partial charge in [-0.15, -0.1) is 0 Å². The van der Waals surface area contributed by atoms with E-state index >= 15 is 0 Å². The molecule has 0 saturated carbocycles. The Morgan fingerprint density at radius 1 is 1.31 bits per heavy atom. The van der Waals surface area contributed by atoms with E-state index in [1.54, 1.807) is 6.08 Å². The molecule has 0 aromatic heterocycles. The molecule has 1 fully saturated rings. The third kappa shape index (κ3) is 1.78. The zero-order valence-corrected chi connectivity index (χ0v) is 7.38. The van der Waals surface area contributed by atoms with Gasteiger partial charge in [-0.3, -0.25) is 9.59 Å². The molecule has 13 heavy (non-hydrogen) atoms. The lowest BCUT2D eigenvalue weighted by atomic mass is 10.0. The minimum atomic E-state index is -0.0695. The molecular formula is C9H12N2O2. The fraction of sp³-hybridized carbons (Fsp3) is 0.556. The summed E-state index contributed by atoms with van der Waals surface area (Å²) in [5.41, 5.74) is 3.96. The predicted octanol–water partition coefficient (Wildman–Crippen LogP) is 0.0126. The van der Waals surface area contributed by atoms with E-state index in [0.717, 1.165) is 25.2 Å². The Kier molecular flexibility index (Phi) is 2.14. The third-order valence-electron chi connectivity index (χ3n) is 2.29. The van der Waals surface area contributed by atoms with Crippen LogP contribution < -0.4 is 5.43 Å². The molecular weight excluding hydrogens is 168 g/mol. The Balaban J connectivity index is 2.12. The molecule has 0 spiro atoms. The van der Waals surface area contributed by atoms with E-state index in [1.807, 2.05) is 5.01 Å². The first kappa shape index (κ1) is 8.44. The summed E-state index contributed by atoms with van der Waals surface area (Å²) in [6.45, 7) is 1.83. The van der Waals surface area contributed by atoms with Crippen LogP contribution in [-0.2, 0) is 9.59 Å². The van der Waals surface area contributed by atoms with Crippen molar-refractivity contribution in [3.05, 3.63) is 11.8 Å². The standard InChI is InChI=1S/C9H12N2O2/c12-8-4-7(5-9(13)6-8)11-3-1-2-10-11/h4,10H,1-3,5-6H2. The number of Topliss-reactive ketones (excluding diaryl/α,β-unsaturated/α-hetero) is 1. The van der Waals surface area contributed by atoms with E-state index in [2.05, 4.69) is 5.43 Å². The lowest BCUT2D eigenvalue weighted by Gasteiger charge is -2.22. The number of rotatable bonds is 1. The lowest BCUT2D eigenvalue weighted by Crippen LogP contribution is -2.33. The number of carbonyl (C=O) groups is 2. The summed E-state index contributed by atoms with van der Waals surface area (Å²) < 4.78 is 0.